The Balaban J connectivity index is 0.000000146. The van der Waals surface area contributed by atoms with Crippen molar-refractivity contribution >= 4 is 57.5 Å². The Morgan fingerprint density at radius 3 is 2.53 bits per heavy atom. The minimum absolute atomic E-state index is 0.0454. The van der Waals surface area contributed by atoms with Gasteiger partial charge in [0.1, 0.15) is 0 Å². The van der Waals surface area contributed by atoms with Crippen LogP contribution in [0, 0.1) is 16.4 Å². The molecule has 4 aromatic rings. The van der Waals surface area contributed by atoms with Gasteiger partial charge in [-0.2, -0.15) is 5.10 Å². The van der Waals surface area contributed by atoms with E-state index >= 15 is 0 Å². The Bertz CT molecular complexity index is 2190. The van der Waals surface area contributed by atoms with Gasteiger partial charge < -0.3 is 14.9 Å². The predicted molar refractivity (Wildman–Crippen MR) is 219 cm³/mol. The zero-order chi connectivity index (χ0) is 38.2. The number of piperidine rings is 2. The number of hydrogen-bond donors (Lipinski definition) is 3. The SMILES string of the molecule is Cc1c(C(=O)NN2CCCCC2)nn(-c2ccc(Cl)cc2Cl)c1-c1ccc(I)cc1.O=C1CC[C@@]2(O)[C@H]3Cc4ccc(O)c5c4[C@@]2(CCN3CC2CC2)[C@H]1O5. The van der Waals surface area contributed by atoms with E-state index in [2.05, 4.69) is 38.0 Å². The predicted octanol–water partition coefficient (Wildman–Crippen LogP) is 7.42. The lowest BCUT2D eigenvalue weighted by Gasteiger charge is -2.62. The summed E-state index contributed by atoms with van der Waals surface area (Å²) in [4.78, 5) is 28.3. The number of nitrogens with one attached hydrogen (secondary N) is 1. The standard InChI is InChI=1S/C22H21Cl2IN4O.C20H23NO4/c1-14-20(22(30)27-28-11-3-2-4-12-28)26-29(19-10-7-16(23)13-18(19)24)21(14)15-5-8-17(25)9-6-15;22-13-4-3-12-9-15-20(24)6-5-14(23)18-19(20,16(12)17(13)25-18)7-8-21(15)10-11-1-2-11/h5-10,13H,2-4,11-12H2,1H3,(H,27,30);3-4,11,15,18,22,24H,1-2,5-10H2/t;15-,18+,19+,20-/m.1/s1. The van der Waals surface area contributed by atoms with Crippen molar-refractivity contribution < 1.29 is 24.5 Å². The Kier molecular flexibility index (Phi) is 9.73. The normalized spacial score (nSPS) is 26.8. The molecule has 1 amide bonds. The Hall–Kier alpha value is -3.20. The van der Waals surface area contributed by atoms with Gasteiger partial charge in [-0.3, -0.25) is 19.9 Å². The summed E-state index contributed by atoms with van der Waals surface area (Å²) >= 11 is 14.9. The van der Waals surface area contributed by atoms with Gasteiger partial charge in [-0.15, -0.1) is 0 Å². The van der Waals surface area contributed by atoms with Crippen LogP contribution in [0.25, 0.3) is 16.9 Å². The third-order valence-corrected chi connectivity index (χ3v) is 14.0. The average molecular weight is 897 g/mol. The number of hydrogen-bond acceptors (Lipinski definition) is 8. The number of carbonyl (C=O) groups is 2. The van der Waals surface area contributed by atoms with Crippen molar-refractivity contribution in [2.24, 2.45) is 5.92 Å². The molecule has 4 atom stereocenters. The number of ether oxygens (including phenoxy) is 1. The van der Waals surface area contributed by atoms with Crippen LogP contribution >= 0.6 is 45.8 Å². The average Bonchev–Trinajstić information content (AvgIpc) is 3.82. The minimum atomic E-state index is -0.940. The molecular formula is C42H44Cl2IN5O5. The number of aromatic nitrogens is 2. The largest absolute Gasteiger partial charge is 0.504 e. The number of carbonyl (C=O) groups excluding carboxylic acids is 2. The number of aliphatic hydroxyl groups is 1. The van der Waals surface area contributed by atoms with Gasteiger partial charge in [0.15, 0.2) is 29.1 Å². The quantitative estimate of drug-likeness (QED) is 0.171. The second-order valence-corrected chi connectivity index (χ2v) is 18.1. The summed E-state index contributed by atoms with van der Waals surface area (Å²) < 4.78 is 8.91. The second kappa shape index (κ2) is 14.3. The number of phenols is 1. The lowest BCUT2D eigenvalue weighted by Crippen LogP contribution is -2.76. The molecule has 2 bridgehead atoms. The van der Waals surface area contributed by atoms with Gasteiger partial charge in [-0.25, -0.2) is 9.69 Å². The summed E-state index contributed by atoms with van der Waals surface area (Å²) in [5.41, 5.74) is 7.13. The second-order valence-electron chi connectivity index (χ2n) is 16.0. The number of halogens is 3. The Morgan fingerprint density at radius 2 is 1.80 bits per heavy atom. The molecule has 3 N–H and O–H groups in total. The number of amides is 1. The van der Waals surface area contributed by atoms with Crippen LogP contribution in [0.5, 0.6) is 11.5 Å². The van der Waals surface area contributed by atoms with E-state index < -0.39 is 17.1 Å². The summed E-state index contributed by atoms with van der Waals surface area (Å²) in [6.45, 7) is 5.59. The molecule has 3 aliphatic carbocycles. The number of ketones is 1. The van der Waals surface area contributed by atoms with E-state index in [4.69, 9.17) is 27.9 Å². The molecule has 10 rings (SSSR count). The molecule has 2 saturated heterocycles. The molecule has 0 radical (unpaired) electrons. The van der Waals surface area contributed by atoms with Gasteiger partial charge in [-0.1, -0.05) is 47.8 Å². The molecule has 1 spiro atoms. The van der Waals surface area contributed by atoms with E-state index in [0.29, 0.717) is 40.0 Å². The monoisotopic (exact) mass is 895 g/mol. The van der Waals surface area contributed by atoms with E-state index in [1.54, 1.807) is 22.9 Å². The number of benzene rings is 3. The van der Waals surface area contributed by atoms with Gasteiger partial charge >= 0.3 is 0 Å². The van der Waals surface area contributed by atoms with E-state index in [1.165, 1.54) is 19.3 Å². The highest BCUT2D eigenvalue weighted by Crippen LogP contribution is 2.65. The summed E-state index contributed by atoms with van der Waals surface area (Å²) in [5.74, 6) is 1.18. The summed E-state index contributed by atoms with van der Waals surface area (Å²) in [6.07, 6.45) is 7.70. The molecule has 1 aromatic heterocycles. The molecule has 10 nitrogen and oxygen atoms in total. The minimum Gasteiger partial charge on any atom is -0.504 e. The molecule has 13 heteroatoms. The van der Waals surface area contributed by atoms with Crippen molar-refractivity contribution in [1.29, 1.82) is 0 Å². The summed E-state index contributed by atoms with van der Waals surface area (Å²) in [6, 6.07) is 17.1. The smallest absolute Gasteiger partial charge is 0.286 e. The van der Waals surface area contributed by atoms with Gasteiger partial charge in [0.2, 0.25) is 0 Å². The first-order chi connectivity index (χ1) is 26.5. The van der Waals surface area contributed by atoms with Crippen molar-refractivity contribution in [3.05, 3.63) is 90.6 Å². The molecule has 2 saturated carbocycles. The van der Waals surface area contributed by atoms with Crippen LogP contribution in [-0.4, -0.2) is 85.5 Å². The fourth-order valence-electron chi connectivity index (χ4n) is 9.95. The molecule has 3 aliphatic heterocycles. The zero-order valence-electron chi connectivity index (χ0n) is 30.7. The van der Waals surface area contributed by atoms with Gasteiger partial charge in [0.25, 0.3) is 5.91 Å². The molecule has 4 heterocycles. The topological polar surface area (TPSA) is 120 Å². The van der Waals surface area contributed by atoms with Gasteiger partial charge in [0, 0.05) is 57.4 Å². The zero-order valence-corrected chi connectivity index (χ0v) is 34.3. The highest BCUT2D eigenvalue weighted by Gasteiger charge is 2.73. The fourth-order valence-corrected chi connectivity index (χ4v) is 10.8. The molecule has 288 valence electrons. The van der Waals surface area contributed by atoms with Crippen LogP contribution in [-0.2, 0) is 16.6 Å². The molecule has 4 fully saturated rings. The van der Waals surface area contributed by atoms with E-state index in [9.17, 15) is 19.8 Å². The number of aromatic hydroxyl groups is 1. The van der Waals surface area contributed by atoms with Crippen molar-refractivity contribution in [2.75, 3.05) is 26.2 Å². The first kappa shape index (κ1) is 37.4. The van der Waals surface area contributed by atoms with Crippen LogP contribution in [0.1, 0.15) is 78.5 Å². The van der Waals surface area contributed by atoms with Crippen LogP contribution in [0.2, 0.25) is 10.0 Å². The first-order valence-electron chi connectivity index (χ1n) is 19.4. The van der Waals surface area contributed by atoms with Crippen LogP contribution in [0.15, 0.2) is 54.6 Å². The van der Waals surface area contributed by atoms with Crippen molar-refractivity contribution in [1.82, 2.24) is 25.1 Å². The summed E-state index contributed by atoms with van der Waals surface area (Å²) in [5, 5.41) is 30.0. The number of nitrogens with zero attached hydrogens (tertiary/aromatic N) is 4. The van der Waals surface area contributed by atoms with Crippen molar-refractivity contribution in [2.45, 2.75) is 87.9 Å². The van der Waals surface area contributed by atoms with E-state index in [0.717, 1.165) is 89.3 Å². The lowest BCUT2D eigenvalue weighted by molar-refractivity contribution is -0.188. The third kappa shape index (κ3) is 6.28. The first-order valence-corrected chi connectivity index (χ1v) is 21.2. The molecule has 6 aliphatic rings. The number of rotatable bonds is 6. The maximum Gasteiger partial charge on any atom is 0.286 e. The maximum absolute atomic E-state index is 13.1. The van der Waals surface area contributed by atoms with Crippen LogP contribution in [0.3, 0.4) is 0 Å². The Labute approximate surface area is 344 Å². The highest BCUT2D eigenvalue weighted by atomic mass is 127. The highest BCUT2D eigenvalue weighted by molar-refractivity contribution is 14.1. The number of Topliss-reactive ketones (excluding diaryl/α,β-unsaturated/α-hetero) is 1. The van der Waals surface area contributed by atoms with Crippen molar-refractivity contribution in [3.8, 4) is 28.4 Å². The lowest BCUT2D eigenvalue weighted by atomic mass is 9.49. The van der Waals surface area contributed by atoms with Gasteiger partial charge in [0.05, 0.1) is 27.4 Å². The number of phenolic OH excluding ortho intramolecular Hbond substituents is 1. The number of likely N-dealkylation sites (tertiary alicyclic amines) is 1. The summed E-state index contributed by atoms with van der Waals surface area (Å²) in [7, 11) is 0. The van der Waals surface area contributed by atoms with Crippen LogP contribution < -0.4 is 10.2 Å². The molecule has 3 aromatic carbocycles. The third-order valence-electron chi connectivity index (χ3n) is 12.8. The van der Waals surface area contributed by atoms with Crippen molar-refractivity contribution in [3.63, 3.8) is 0 Å². The van der Waals surface area contributed by atoms with Gasteiger partial charge in [-0.05, 0) is 129 Å². The molecule has 55 heavy (non-hydrogen) atoms. The molecular weight excluding hydrogens is 852 g/mol. The molecule has 0 unspecified atom stereocenters. The maximum atomic E-state index is 13.1. The van der Waals surface area contributed by atoms with Crippen LogP contribution in [0.4, 0.5) is 0 Å². The fraction of sp³-hybridized carbons (Fsp3) is 0.452. The Morgan fingerprint density at radius 1 is 1.04 bits per heavy atom. The number of hydrazine groups is 1. The van der Waals surface area contributed by atoms with E-state index in [1.807, 2.05) is 48.3 Å². The van der Waals surface area contributed by atoms with E-state index in [-0.39, 0.29) is 23.5 Å².